The maximum absolute atomic E-state index is 5.31. The van der Waals surface area contributed by atoms with Crippen LogP contribution in [-0.4, -0.2) is 14.5 Å². The molecule has 2 heterocycles. The Morgan fingerprint density at radius 3 is 1.73 bits per heavy atom. The lowest BCUT2D eigenvalue weighted by Crippen LogP contribution is -2.03. The minimum absolute atomic E-state index is 0.667. The molecule has 0 spiro atoms. The van der Waals surface area contributed by atoms with Gasteiger partial charge < -0.3 is 0 Å². The molecule has 2 aromatic heterocycles. The van der Waals surface area contributed by atoms with E-state index in [1.54, 1.807) is 0 Å². The van der Waals surface area contributed by atoms with Crippen LogP contribution in [0.4, 0.5) is 0 Å². The summed E-state index contributed by atoms with van der Waals surface area (Å²) in [5, 5.41) is 5.87. The highest BCUT2D eigenvalue weighted by atomic mass is 15.2. The summed E-state index contributed by atoms with van der Waals surface area (Å²) in [4.78, 5) is 10.5. The van der Waals surface area contributed by atoms with Crippen molar-refractivity contribution in [1.82, 2.24) is 14.5 Å². The highest BCUT2D eigenvalue weighted by Crippen LogP contribution is 2.39. The van der Waals surface area contributed by atoms with Crippen molar-refractivity contribution < 1.29 is 0 Å². The summed E-state index contributed by atoms with van der Waals surface area (Å²) in [7, 11) is 0. The number of hydrogen-bond acceptors (Lipinski definition) is 2. The molecule has 9 aromatic rings. The maximum Gasteiger partial charge on any atom is 0.235 e. The molecule has 0 unspecified atom stereocenters. The van der Waals surface area contributed by atoms with Crippen molar-refractivity contribution in [2.24, 2.45) is 0 Å². The molecule has 0 saturated carbocycles. The van der Waals surface area contributed by atoms with E-state index in [4.69, 9.17) is 9.97 Å². The maximum atomic E-state index is 5.31. The van der Waals surface area contributed by atoms with Crippen LogP contribution in [0.25, 0.3) is 82.9 Å². The number of para-hydroxylation sites is 2. The standard InChI is InChI=1S/C42H27N3/c1-3-11-28(12-4-1)30-19-22-32(23-20-30)41-34-15-7-9-17-37(34)43-42(44-41)45-38-18-10-8-16-35(38)40-36-27-33(29-13-5-2-6-14-29)24-21-31(36)25-26-39(40)45/h1-27H. The van der Waals surface area contributed by atoms with E-state index in [1.807, 2.05) is 12.1 Å². The van der Waals surface area contributed by atoms with Gasteiger partial charge in [-0.15, -0.1) is 0 Å². The molecule has 0 bridgehead atoms. The van der Waals surface area contributed by atoms with E-state index in [9.17, 15) is 0 Å². The van der Waals surface area contributed by atoms with Crippen LogP contribution >= 0.6 is 0 Å². The van der Waals surface area contributed by atoms with Crippen molar-refractivity contribution in [2.45, 2.75) is 0 Å². The van der Waals surface area contributed by atoms with Crippen molar-refractivity contribution in [3.63, 3.8) is 0 Å². The number of benzene rings is 7. The zero-order valence-electron chi connectivity index (χ0n) is 24.4. The Morgan fingerprint density at radius 2 is 0.956 bits per heavy atom. The average molecular weight is 574 g/mol. The van der Waals surface area contributed by atoms with E-state index in [0.29, 0.717) is 5.95 Å². The van der Waals surface area contributed by atoms with Crippen LogP contribution in [0.5, 0.6) is 0 Å². The summed E-state index contributed by atoms with van der Waals surface area (Å²) in [6.07, 6.45) is 0. The van der Waals surface area contributed by atoms with Gasteiger partial charge in [-0.25, -0.2) is 9.97 Å². The normalized spacial score (nSPS) is 11.6. The molecular weight excluding hydrogens is 546 g/mol. The summed E-state index contributed by atoms with van der Waals surface area (Å²) in [6, 6.07) is 57.9. The lowest BCUT2D eigenvalue weighted by molar-refractivity contribution is 1.01. The topological polar surface area (TPSA) is 30.7 Å². The van der Waals surface area contributed by atoms with Gasteiger partial charge in [0.15, 0.2) is 0 Å². The highest BCUT2D eigenvalue weighted by Gasteiger charge is 2.19. The van der Waals surface area contributed by atoms with Gasteiger partial charge in [0, 0.05) is 21.7 Å². The Balaban J connectivity index is 1.29. The Morgan fingerprint density at radius 1 is 0.378 bits per heavy atom. The Labute approximate surface area is 260 Å². The zero-order chi connectivity index (χ0) is 29.7. The first kappa shape index (κ1) is 25.4. The smallest absolute Gasteiger partial charge is 0.235 e. The van der Waals surface area contributed by atoms with Crippen LogP contribution in [0.1, 0.15) is 0 Å². The SMILES string of the molecule is c1ccc(-c2ccc(-c3nc(-n4c5ccccc5c5c6cc(-c7ccccc7)ccc6ccc54)nc4ccccc34)cc2)cc1. The molecular formula is C42H27N3. The zero-order valence-corrected chi connectivity index (χ0v) is 24.4. The van der Waals surface area contributed by atoms with Crippen LogP contribution in [-0.2, 0) is 0 Å². The van der Waals surface area contributed by atoms with Gasteiger partial charge in [0.05, 0.1) is 22.2 Å². The quantitative estimate of drug-likeness (QED) is 0.210. The van der Waals surface area contributed by atoms with Crippen LogP contribution in [0.2, 0.25) is 0 Å². The first-order valence-corrected chi connectivity index (χ1v) is 15.3. The predicted molar refractivity (Wildman–Crippen MR) is 188 cm³/mol. The molecule has 0 fully saturated rings. The Bertz CT molecular complexity index is 2510. The molecule has 0 amide bonds. The molecule has 0 atom stereocenters. The lowest BCUT2D eigenvalue weighted by Gasteiger charge is -2.12. The van der Waals surface area contributed by atoms with Crippen molar-refractivity contribution in [3.05, 3.63) is 164 Å². The predicted octanol–water partition coefficient (Wildman–Crippen LogP) is 10.9. The van der Waals surface area contributed by atoms with E-state index in [-0.39, 0.29) is 0 Å². The van der Waals surface area contributed by atoms with Crippen molar-refractivity contribution in [1.29, 1.82) is 0 Å². The van der Waals surface area contributed by atoms with Gasteiger partial charge in [0.2, 0.25) is 5.95 Å². The Hall–Kier alpha value is -6.06. The third-order valence-electron chi connectivity index (χ3n) is 8.82. The first-order valence-electron chi connectivity index (χ1n) is 15.3. The van der Waals surface area contributed by atoms with E-state index < -0.39 is 0 Å². The fourth-order valence-electron chi connectivity index (χ4n) is 6.65. The highest BCUT2D eigenvalue weighted by molar-refractivity contribution is 6.21. The van der Waals surface area contributed by atoms with Gasteiger partial charge >= 0.3 is 0 Å². The second-order valence-corrected chi connectivity index (χ2v) is 11.4. The number of fused-ring (bicyclic) bond motifs is 6. The van der Waals surface area contributed by atoms with Crippen LogP contribution < -0.4 is 0 Å². The first-order chi connectivity index (χ1) is 22.3. The molecule has 0 aliphatic carbocycles. The van der Waals surface area contributed by atoms with E-state index >= 15 is 0 Å². The molecule has 210 valence electrons. The monoisotopic (exact) mass is 573 g/mol. The number of rotatable bonds is 4. The molecule has 0 N–H and O–H groups in total. The molecule has 0 aliphatic rings. The third-order valence-corrected chi connectivity index (χ3v) is 8.82. The Kier molecular flexibility index (Phi) is 5.82. The minimum Gasteiger partial charge on any atom is -0.278 e. The van der Waals surface area contributed by atoms with Crippen LogP contribution in [0.15, 0.2) is 164 Å². The van der Waals surface area contributed by atoms with E-state index in [0.717, 1.165) is 33.2 Å². The summed E-state index contributed by atoms with van der Waals surface area (Å²) in [6.45, 7) is 0. The molecule has 0 aliphatic heterocycles. The summed E-state index contributed by atoms with van der Waals surface area (Å²) in [5.74, 6) is 0.667. The number of aromatic nitrogens is 3. The van der Waals surface area contributed by atoms with Crippen molar-refractivity contribution >= 4 is 43.5 Å². The van der Waals surface area contributed by atoms with Gasteiger partial charge in [-0.05, 0) is 57.3 Å². The molecule has 7 aromatic carbocycles. The van der Waals surface area contributed by atoms with E-state index in [1.165, 1.54) is 43.8 Å². The largest absolute Gasteiger partial charge is 0.278 e. The molecule has 3 nitrogen and oxygen atoms in total. The summed E-state index contributed by atoms with van der Waals surface area (Å²) < 4.78 is 2.23. The van der Waals surface area contributed by atoms with Gasteiger partial charge in [0.25, 0.3) is 0 Å². The number of nitrogens with zero attached hydrogens (tertiary/aromatic N) is 3. The fourth-order valence-corrected chi connectivity index (χ4v) is 6.65. The number of hydrogen-bond donors (Lipinski definition) is 0. The second kappa shape index (κ2) is 10.3. The van der Waals surface area contributed by atoms with Gasteiger partial charge in [-0.3, -0.25) is 4.57 Å². The second-order valence-electron chi connectivity index (χ2n) is 11.4. The summed E-state index contributed by atoms with van der Waals surface area (Å²) >= 11 is 0. The molecule has 0 saturated heterocycles. The fraction of sp³-hybridized carbons (Fsp3) is 0. The minimum atomic E-state index is 0.667. The van der Waals surface area contributed by atoms with Crippen molar-refractivity contribution in [3.8, 4) is 39.5 Å². The average Bonchev–Trinajstić information content (AvgIpc) is 3.47. The van der Waals surface area contributed by atoms with Gasteiger partial charge in [0.1, 0.15) is 0 Å². The molecule has 3 heteroatoms. The van der Waals surface area contributed by atoms with Crippen LogP contribution in [0.3, 0.4) is 0 Å². The summed E-state index contributed by atoms with van der Waals surface area (Å²) in [5.41, 5.74) is 9.88. The lowest BCUT2D eigenvalue weighted by atomic mass is 9.98. The van der Waals surface area contributed by atoms with E-state index in [2.05, 4.69) is 156 Å². The molecule has 0 radical (unpaired) electrons. The third kappa shape index (κ3) is 4.21. The molecule has 45 heavy (non-hydrogen) atoms. The molecule has 9 rings (SSSR count). The van der Waals surface area contributed by atoms with Gasteiger partial charge in [-0.1, -0.05) is 140 Å². The van der Waals surface area contributed by atoms with Gasteiger partial charge in [-0.2, -0.15) is 0 Å². The van der Waals surface area contributed by atoms with Crippen LogP contribution in [0, 0.1) is 0 Å². The van der Waals surface area contributed by atoms with Crippen molar-refractivity contribution in [2.75, 3.05) is 0 Å².